The monoisotopic (exact) mass is 212 g/mol. The van der Waals surface area contributed by atoms with Gasteiger partial charge in [-0.25, -0.2) is 4.98 Å². The van der Waals surface area contributed by atoms with Gasteiger partial charge in [-0.1, -0.05) is 0 Å². The molecule has 1 fully saturated rings. The first-order valence-corrected chi connectivity index (χ1v) is 5.90. The predicted molar refractivity (Wildman–Crippen MR) is 57.4 cm³/mol. The number of nitrogens with one attached hydrogen (secondary N) is 1. The zero-order valence-corrected chi connectivity index (χ0v) is 9.27. The van der Waals surface area contributed by atoms with E-state index in [4.69, 9.17) is 4.74 Å². The second-order valence-corrected chi connectivity index (χ2v) is 4.89. The Bertz CT molecular complexity index is 268. The minimum absolute atomic E-state index is 0.0525. The molecule has 4 heteroatoms. The number of aromatic nitrogens is 1. The molecule has 0 atom stereocenters. The van der Waals surface area contributed by atoms with E-state index in [0.29, 0.717) is 6.61 Å². The van der Waals surface area contributed by atoms with Crippen LogP contribution in [0.5, 0.6) is 0 Å². The highest BCUT2D eigenvalue weighted by atomic mass is 32.1. The molecule has 0 spiro atoms. The van der Waals surface area contributed by atoms with E-state index in [0.717, 1.165) is 30.9 Å². The van der Waals surface area contributed by atoms with E-state index >= 15 is 0 Å². The topological polar surface area (TPSA) is 34.1 Å². The summed E-state index contributed by atoms with van der Waals surface area (Å²) in [5.41, 5.74) is 0.0525. The van der Waals surface area contributed by atoms with Crippen LogP contribution in [0.4, 0.5) is 0 Å². The third-order valence-electron chi connectivity index (χ3n) is 2.69. The fourth-order valence-corrected chi connectivity index (χ4v) is 2.19. The molecule has 0 bridgehead atoms. The van der Waals surface area contributed by atoms with Crippen molar-refractivity contribution in [3.05, 3.63) is 16.6 Å². The van der Waals surface area contributed by atoms with Crippen molar-refractivity contribution in [3.8, 4) is 0 Å². The molecule has 78 valence electrons. The minimum Gasteiger partial charge on any atom is -0.368 e. The van der Waals surface area contributed by atoms with Crippen molar-refractivity contribution in [1.82, 2.24) is 10.3 Å². The van der Waals surface area contributed by atoms with Crippen molar-refractivity contribution in [2.75, 3.05) is 13.1 Å². The maximum Gasteiger partial charge on any atom is 0.118 e. The predicted octanol–water partition coefficient (Wildman–Crippen LogP) is 1.80. The zero-order valence-electron chi connectivity index (χ0n) is 8.45. The van der Waals surface area contributed by atoms with Crippen LogP contribution in [0.3, 0.4) is 0 Å². The summed E-state index contributed by atoms with van der Waals surface area (Å²) >= 11 is 1.66. The van der Waals surface area contributed by atoms with E-state index in [1.54, 1.807) is 11.3 Å². The molecule has 1 aromatic heterocycles. The number of nitrogens with zero attached hydrogens (tertiary/aromatic N) is 1. The molecule has 2 heterocycles. The summed E-state index contributed by atoms with van der Waals surface area (Å²) < 4.78 is 5.92. The first-order chi connectivity index (χ1) is 6.79. The molecule has 14 heavy (non-hydrogen) atoms. The average Bonchev–Trinajstić information content (AvgIpc) is 2.69. The van der Waals surface area contributed by atoms with Gasteiger partial charge in [0.15, 0.2) is 0 Å². The Labute approximate surface area is 88.5 Å². The lowest BCUT2D eigenvalue weighted by molar-refractivity contribution is -0.0621. The van der Waals surface area contributed by atoms with Crippen LogP contribution in [0.2, 0.25) is 0 Å². The van der Waals surface area contributed by atoms with Crippen molar-refractivity contribution >= 4 is 11.3 Å². The van der Waals surface area contributed by atoms with Gasteiger partial charge in [-0.15, -0.1) is 11.3 Å². The highest BCUT2D eigenvalue weighted by Crippen LogP contribution is 2.23. The smallest absolute Gasteiger partial charge is 0.118 e. The molecule has 1 aliphatic heterocycles. The van der Waals surface area contributed by atoms with Gasteiger partial charge in [0.05, 0.1) is 12.2 Å². The summed E-state index contributed by atoms with van der Waals surface area (Å²) in [6, 6.07) is 0. The molecule has 0 radical (unpaired) electrons. The Hall–Kier alpha value is -0.450. The Balaban J connectivity index is 1.84. The number of rotatable bonds is 3. The Morgan fingerprint density at radius 1 is 1.57 bits per heavy atom. The number of thiazole rings is 1. The molecule has 1 aliphatic rings. The van der Waals surface area contributed by atoms with Crippen LogP contribution in [0.1, 0.15) is 24.8 Å². The average molecular weight is 212 g/mol. The maximum atomic E-state index is 5.92. The molecule has 0 saturated carbocycles. The van der Waals surface area contributed by atoms with E-state index in [9.17, 15) is 0 Å². The molecule has 3 nitrogen and oxygen atoms in total. The summed E-state index contributed by atoms with van der Waals surface area (Å²) in [4.78, 5) is 4.21. The third-order valence-corrected chi connectivity index (χ3v) is 3.44. The van der Waals surface area contributed by atoms with Gasteiger partial charge in [-0.3, -0.25) is 0 Å². The van der Waals surface area contributed by atoms with Crippen molar-refractivity contribution in [2.45, 2.75) is 32.0 Å². The Morgan fingerprint density at radius 2 is 2.36 bits per heavy atom. The van der Waals surface area contributed by atoms with Gasteiger partial charge in [-0.05, 0) is 32.9 Å². The Kier molecular flexibility index (Phi) is 3.15. The van der Waals surface area contributed by atoms with Crippen LogP contribution < -0.4 is 5.32 Å². The van der Waals surface area contributed by atoms with Gasteiger partial charge in [0.1, 0.15) is 5.01 Å². The molecule has 2 rings (SSSR count). The quantitative estimate of drug-likeness (QED) is 0.829. The number of hydrogen-bond donors (Lipinski definition) is 1. The first kappa shape index (κ1) is 10.1. The van der Waals surface area contributed by atoms with Gasteiger partial charge in [-0.2, -0.15) is 0 Å². The van der Waals surface area contributed by atoms with E-state index in [2.05, 4.69) is 17.2 Å². The lowest BCUT2D eigenvalue weighted by Crippen LogP contribution is -2.41. The first-order valence-electron chi connectivity index (χ1n) is 5.02. The molecule has 0 amide bonds. The zero-order chi connectivity index (χ0) is 9.86. The normalized spacial score (nSPS) is 20.9. The van der Waals surface area contributed by atoms with E-state index in [1.165, 1.54) is 0 Å². The molecular weight excluding hydrogens is 196 g/mol. The second kappa shape index (κ2) is 4.38. The highest BCUT2D eigenvalue weighted by Gasteiger charge is 2.27. The fourth-order valence-electron chi connectivity index (χ4n) is 1.66. The summed E-state index contributed by atoms with van der Waals surface area (Å²) in [5, 5.41) is 6.40. The van der Waals surface area contributed by atoms with Crippen LogP contribution >= 0.6 is 11.3 Å². The molecule has 1 saturated heterocycles. The van der Waals surface area contributed by atoms with Gasteiger partial charge in [0.2, 0.25) is 0 Å². The molecule has 1 aromatic rings. The SMILES string of the molecule is CC1(OCc2nccs2)CCNCC1. The van der Waals surface area contributed by atoms with Gasteiger partial charge >= 0.3 is 0 Å². The van der Waals surface area contributed by atoms with Crippen molar-refractivity contribution in [3.63, 3.8) is 0 Å². The minimum atomic E-state index is 0.0525. The van der Waals surface area contributed by atoms with Crippen molar-refractivity contribution < 1.29 is 4.74 Å². The lowest BCUT2D eigenvalue weighted by atomic mass is 9.95. The van der Waals surface area contributed by atoms with Crippen LogP contribution in [0.25, 0.3) is 0 Å². The fraction of sp³-hybridized carbons (Fsp3) is 0.700. The van der Waals surface area contributed by atoms with Crippen molar-refractivity contribution in [2.24, 2.45) is 0 Å². The van der Waals surface area contributed by atoms with Gasteiger partial charge in [0.25, 0.3) is 0 Å². The molecular formula is C10H16N2OS. The van der Waals surface area contributed by atoms with E-state index in [-0.39, 0.29) is 5.60 Å². The number of piperidine rings is 1. The van der Waals surface area contributed by atoms with E-state index in [1.807, 2.05) is 11.6 Å². The third kappa shape index (κ3) is 2.53. The summed E-state index contributed by atoms with van der Waals surface area (Å²) in [7, 11) is 0. The van der Waals surface area contributed by atoms with E-state index < -0.39 is 0 Å². The largest absolute Gasteiger partial charge is 0.368 e. The maximum absolute atomic E-state index is 5.92. The molecule has 0 unspecified atom stereocenters. The standard InChI is InChI=1S/C10H16N2OS/c1-10(2-4-11-5-3-10)13-8-9-12-6-7-14-9/h6-7,11H,2-5,8H2,1H3. The summed E-state index contributed by atoms with van der Waals surface area (Å²) in [6.45, 7) is 4.98. The van der Waals surface area contributed by atoms with Crippen LogP contribution in [-0.4, -0.2) is 23.7 Å². The molecule has 0 aliphatic carbocycles. The van der Waals surface area contributed by atoms with Gasteiger partial charge < -0.3 is 10.1 Å². The molecule has 1 N–H and O–H groups in total. The van der Waals surface area contributed by atoms with Crippen LogP contribution in [0, 0.1) is 0 Å². The van der Waals surface area contributed by atoms with Gasteiger partial charge in [0, 0.05) is 11.6 Å². The van der Waals surface area contributed by atoms with Crippen molar-refractivity contribution in [1.29, 1.82) is 0 Å². The summed E-state index contributed by atoms with van der Waals surface area (Å²) in [5.74, 6) is 0. The van der Waals surface area contributed by atoms with Crippen LogP contribution in [-0.2, 0) is 11.3 Å². The summed E-state index contributed by atoms with van der Waals surface area (Å²) in [6.07, 6.45) is 4.02. The number of ether oxygens (including phenoxy) is 1. The van der Waals surface area contributed by atoms with Crippen LogP contribution in [0.15, 0.2) is 11.6 Å². The second-order valence-electron chi connectivity index (χ2n) is 3.91. The molecule has 0 aromatic carbocycles. The lowest BCUT2D eigenvalue weighted by Gasteiger charge is -2.33. The Morgan fingerprint density at radius 3 is 3.00 bits per heavy atom. The number of hydrogen-bond acceptors (Lipinski definition) is 4. The highest BCUT2D eigenvalue weighted by molar-refractivity contribution is 7.09.